The Morgan fingerprint density at radius 2 is 1.79 bits per heavy atom. The fraction of sp³-hybridized carbons (Fsp3) is 0.452. The van der Waals surface area contributed by atoms with E-state index in [0.717, 1.165) is 96.3 Å². The molecule has 3 fully saturated rings. The van der Waals surface area contributed by atoms with Crippen LogP contribution < -0.4 is 9.64 Å². The third-order valence-electron chi connectivity index (χ3n) is 8.66. The van der Waals surface area contributed by atoms with Gasteiger partial charge in [0.2, 0.25) is 0 Å². The standard InChI is InChI=1S/C31H35N3O4S/c1-19-5-10-27(38-17-24-9-6-21(14-20(24)2)29(35)33-11-3-4-12-33)25(13-19)26-18-39-31(32-26)34-15-22-7-8-23(16-34)28(22)30(36)37/h5-6,9-10,13-14,18,22-23,28H,3-4,7-8,11-12,15-17H2,1-2H3,(H,36,37)/t22-,23-/m0/s1. The molecule has 2 saturated heterocycles. The molecule has 3 aliphatic rings. The molecule has 0 spiro atoms. The van der Waals surface area contributed by atoms with Gasteiger partial charge in [0.25, 0.3) is 5.91 Å². The van der Waals surface area contributed by atoms with Crippen molar-refractivity contribution in [3.05, 3.63) is 64.0 Å². The fourth-order valence-electron chi connectivity index (χ4n) is 6.53. The zero-order valence-corrected chi connectivity index (χ0v) is 23.4. The highest BCUT2D eigenvalue weighted by Gasteiger charge is 2.46. The van der Waals surface area contributed by atoms with Gasteiger partial charge >= 0.3 is 5.97 Å². The van der Waals surface area contributed by atoms with Crippen molar-refractivity contribution >= 4 is 28.3 Å². The molecule has 3 heterocycles. The molecule has 7 nitrogen and oxygen atoms in total. The van der Waals surface area contributed by atoms with Crippen LogP contribution >= 0.6 is 11.3 Å². The van der Waals surface area contributed by atoms with E-state index >= 15 is 0 Å². The predicted molar refractivity (Wildman–Crippen MR) is 152 cm³/mol. The second kappa shape index (κ2) is 10.6. The summed E-state index contributed by atoms with van der Waals surface area (Å²) in [5.74, 6) is 0.431. The van der Waals surface area contributed by atoms with Gasteiger partial charge in [-0.1, -0.05) is 17.7 Å². The smallest absolute Gasteiger partial charge is 0.307 e. The molecule has 0 radical (unpaired) electrons. The van der Waals surface area contributed by atoms with Crippen molar-refractivity contribution in [3.63, 3.8) is 0 Å². The Kier molecular flexibility index (Phi) is 7.06. The Balaban J connectivity index is 1.17. The largest absolute Gasteiger partial charge is 0.488 e. The molecule has 1 aliphatic carbocycles. The number of hydrogen-bond acceptors (Lipinski definition) is 6. The van der Waals surface area contributed by atoms with E-state index in [1.54, 1.807) is 11.3 Å². The first-order valence-electron chi connectivity index (χ1n) is 13.9. The molecular weight excluding hydrogens is 510 g/mol. The van der Waals surface area contributed by atoms with Crippen LogP contribution in [0.15, 0.2) is 41.8 Å². The summed E-state index contributed by atoms with van der Waals surface area (Å²) in [5, 5.41) is 12.7. The first-order chi connectivity index (χ1) is 18.9. The van der Waals surface area contributed by atoms with Crippen molar-refractivity contribution in [2.75, 3.05) is 31.1 Å². The van der Waals surface area contributed by atoms with Crippen molar-refractivity contribution in [1.29, 1.82) is 0 Å². The van der Waals surface area contributed by atoms with E-state index in [-0.39, 0.29) is 23.7 Å². The minimum absolute atomic E-state index is 0.114. The van der Waals surface area contributed by atoms with E-state index in [2.05, 4.69) is 23.3 Å². The Hall–Kier alpha value is -3.39. The Morgan fingerprint density at radius 1 is 1.05 bits per heavy atom. The van der Waals surface area contributed by atoms with Crippen LogP contribution in [-0.4, -0.2) is 53.0 Å². The summed E-state index contributed by atoms with van der Waals surface area (Å²) in [6.45, 7) is 7.71. The minimum Gasteiger partial charge on any atom is -0.488 e. The zero-order chi connectivity index (χ0) is 27.1. The van der Waals surface area contributed by atoms with Gasteiger partial charge in [0.15, 0.2) is 5.13 Å². The van der Waals surface area contributed by atoms with Crippen molar-refractivity contribution in [3.8, 4) is 17.0 Å². The molecule has 204 valence electrons. The molecule has 1 saturated carbocycles. The van der Waals surface area contributed by atoms with Crippen LogP contribution in [0, 0.1) is 31.6 Å². The molecule has 0 unspecified atom stereocenters. The van der Waals surface area contributed by atoms with Gasteiger partial charge in [-0.05, 0) is 86.8 Å². The lowest BCUT2D eigenvalue weighted by Gasteiger charge is -2.35. The number of carbonyl (C=O) groups is 2. The number of carbonyl (C=O) groups excluding carboxylic acids is 1. The number of fused-ring (bicyclic) bond motifs is 2. The number of anilines is 1. The lowest BCUT2D eigenvalue weighted by molar-refractivity contribution is -0.144. The summed E-state index contributed by atoms with van der Waals surface area (Å²) >= 11 is 1.61. The summed E-state index contributed by atoms with van der Waals surface area (Å²) in [4.78, 5) is 33.7. The first kappa shape index (κ1) is 25.9. The highest BCUT2D eigenvalue weighted by molar-refractivity contribution is 7.14. The van der Waals surface area contributed by atoms with Crippen molar-refractivity contribution in [1.82, 2.24) is 9.88 Å². The van der Waals surface area contributed by atoms with Gasteiger partial charge in [-0.3, -0.25) is 9.59 Å². The van der Waals surface area contributed by atoms with Crippen molar-refractivity contribution in [2.45, 2.75) is 46.1 Å². The summed E-state index contributed by atoms with van der Waals surface area (Å²) < 4.78 is 6.34. The van der Waals surface area contributed by atoms with Crippen LogP contribution in [-0.2, 0) is 11.4 Å². The Labute approximate surface area is 233 Å². The number of carboxylic acid groups (broad SMARTS) is 1. The van der Waals surface area contributed by atoms with Crippen LogP contribution in [0.5, 0.6) is 5.75 Å². The maximum absolute atomic E-state index is 12.8. The number of ether oxygens (including phenoxy) is 1. The number of hydrogen-bond donors (Lipinski definition) is 1. The minimum atomic E-state index is -0.647. The van der Waals surface area contributed by atoms with Crippen LogP contribution in [0.2, 0.25) is 0 Å². The van der Waals surface area contributed by atoms with Gasteiger partial charge in [0.05, 0.1) is 11.6 Å². The van der Waals surface area contributed by atoms with E-state index in [1.807, 2.05) is 42.2 Å². The lowest BCUT2D eigenvalue weighted by Crippen LogP contribution is -2.44. The predicted octanol–water partition coefficient (Wildman–Crippen LogP) is 5.79. The molecule has 3 aromatic rings. The molecule has 6 rings (SSSR count). The van der Waals surface area contributed by atoms with Gasteiger partial charge in [-0.2, -0.15) is 0 Å². The third kappa shape index (κ3) is 5.14. The quantitative estimate of drug-likeness (QED) is 0.405. The van der Waals surface area contributed by atoms with Gasteiger partial charge in [-0.15, -0.1) is 11.3 Å². The number of aromatic nitrogens is 1. The molecule has 1 aromatic heterocycles. The maximum Gasteiger partial charge on any atom is 0.307 e. The molecule has 8 heteroatoms. The molecule has 2 bridgehead atoms. The summed E-state index contributed by atoms with van der Waals surface area (Å²) in [6, 6.07) is 12.0. The van der Waals surface area contributed by atoms with Crippen LogP contribution in [0.1, 0.15) is 52.7 Å². The lowest BCUT2D eigenvalue weighted by atomic mass is 9.85. The van der Waals surface area contributed by atoms with Crippen molar-refractivity contribution < 1.29 is 19.4 Å². The molecule has 2 aromatic carbocycles. The number of amides is 1. The summed E-state index contributed by atoms with van der Waals surface area (Å²) in [5.41, 5.74) is 5.81. The Bertz CT molecular complexity index is 1380. The normalized spacial score (nSPS) is 22.4. The maximum atomic E-state index is 12.8. The fourth-order valence-corrected chi connectivity index (χ4v) is 7.38. The highest BCUT2D eigenvalue weighted by Crippen LogP contribution is 2.44. The number of benzene rings is 2. The molecule has 2 aliphatic heterocycles. The monoisotopic (exact) mass is 545 g/mol. The molecular formula is C31H35N3O4S. The van der Waals surface area contributed by atoms with Crippen LogP contribution in [0.4, 0.5) is 5.13 Å². The number of aliphatic carboxylic acids is 1. The van der Waals surface area contributed by atoms with Crippen LogP contribution in [0.3, 0.4) is 0 Å². The number of nitrogens with zero attached hydrogens (tertiary/aromatic N) is 3. The second-order valence-electron chi connectivity index (χ2n) is 11.3. The van der Waals surface area contributed by atoms with E-state index in [0.29, 0.717) is 6.61 Å². The van der Waals surface area contributed by atoms with Crippen LogP contribution in [0.25, 0.3) is 11.3 Å². The molecule has 39 heavy (non-hydrogen) atoms. The molecule has 2 atom stereocenters. The van der Waals surface area contributed by atoms with E-state index in [1.165, 1.54) is 0 Å². The number of piperidine rings is 1. The average molecular weight is 546 g/mol. The molecule has 1 amide bonds. The summed E-state index contributed by atoms with van der Waals surface area (Å²) in [7, 11) is 0. The second-order valence-corrected chi connectivity index (χ2v) is 12.1. The average Bonchev–Trinajstić information content (AvgIpc) is 3.68. The third-order valence-corrected chi connectivity index (χ3v) is 9.56. The van der Waals surface area contributed by atoms with Gasteiger partial charge in [0, 0.05) is 42.7 Å². The van der Waals surface area contributed by atoms with E-state index in [4.69, 9.17) is 9.72 Å². The number of likely N-dealkylation sites (tertiary alicyclic amines) is 1. The number of aryl methyl sites for hydroxylation is 2. The van der Waals surface area contributed by atoms with E-state index < -0.39 is 5.97 Å². The Morgan fingerprint density at radius 3 is 2.49 bits per heavy atom. The van der Waals surface area contributed by atoms with E-state index in [9.17, 15) is 14.7 Å². The van der Waals surface area contributed by atoms with Crippen molar-refractivity contribution in [2.24, 2.45) is 17.8 Å². The summed E-state index contributed by atoms with van der Waals surface area (Å²) in [6.07, 6.45) is 4.14. The number of thiazole rings is 1. The van der Waals surface area contributed by atoms with Gasteiger partial charge < -0.3 is 19.6 Å². The SMILES string of the molecule is Cc1ccc(OCc2ccc(C(=O)N3CCCC3)cc2C)c(-c2csc(N3C[C@@H]4CC[C@@H](C3)C4C(=O)O)n2)c1. The zero-order valence-electron chi connectivity index (χ0n) is 22.6. The highest BCUT2D eigenvalue weighted by atomic mass is 32.1. The molecule has 1 N–H and O–H groups in total. The number of rotatable bonds is 7. The van der Waals surface area contributed by atoms with Gasteiger partial charge in [0.1, 0.15) is 12.4 Å². The number of carboxylic acids is 1. The van der Waals surface area contributed by atoms with Gasteiger partial charge in [-0.25, -0.2) is 4.98 Å². The first-order valence-corrected chi connectivity index (χ1v) is 14.8. The topological polar surface area (TPSA) is 83.0 Å².